The maximum absolute atomic E-state index is 12.0. The fourth-order valence-electron chi connectivity index (χ4n) is 2.60. The number of hydrogen-bond donors (Lipinski definition) is 0. The highest BCUT2D eigenvalue weighted by Crippen LogP contribution is 2.54. The fraction of sp³-hybridized carbons (Fsp3) is 0.636. The monoisotopic (exact) mass is 223 g/mol. The summed E-state index contributed by atoms with van der Waals surface area (Å²) in [5, 5.41) is 2.40. The van der Waals surface area contributed by atoms with E-state index in [-0.39, 0.29) is 11.7 Å². The van der Waals surface area contributed by atoms with Crippen LogP contribution in [0.25, 0.3) is 0 Å². The van der Waals surface area contributed by atoms with Gasteiger partial charge in [0.05, 0.1) is 7.11 Å². The summed E-state index contributed by atoms with van der Waals surface area (Å²) in [6.45, 7) is 0. The van der Waals surface area contributed by atoms with E-state index in [9.17, 15) is 4.79 Å². The number of rotatable bonds is 3. The zero-order chi connectivity index (χ0) is 10.4. The number of fused-ring (bicyclic) bond motifs is 1. The highest BCUT2D eigenvalue weighted by atomic mass is 32.1. The predicted octanol–water partition coefficient (Wildman–Crippen LogP) is 2.38. The zero-order valence-electron chi connectivity index (χ0n) is 8.60. The van der Waals surface area contributed by atoms with E-state index in [1.807, 2.05) is 5.38 Å². The van der Waals surface area contributed by atoms with Gasteiger partial charge in [0.1, 0.15) is 5.69 Å². The Morgan fingerprint density at radius 3 is 2.80 bits per heavy atom. The molecule has 3 nitrogen and oxygen atoms in total. The van der Waals surface area contributed by atoms with E-state index in [1.165, 1.54) is 17.8 Å². The van der Waals surface area contributed by atoms with Crippen molar-refractivity contribution in [2.24, 2.45) is 17.8 Å². The van der Waals surface area contributed by atoms with Gasteiger partial charge >= 0.3 is 0 Å². The normalized spacial score (nSPS) is 32.5. The third-order valence-electron chi connectivity index (χ3n) is 3.52. The zero-order valence-corrected chi connectivity index (χ0v) is 9.42. The highest BCUT2D eigenvalue weighted by molar-refractivity contribution is 7.11. The fourth-order valence-corrected chi connectivity index (χ4v) is 3.23. The molecule has 3 rings (SSSR count). The van der Waals surface area contributed by atoms with E-state index in [0.29, 0.717) is 10.9 Å². The van der Waals surface area contributed by atoms with Gasteiger partial charge in [-0.2, -0.15) is 4.98 Å². The van der Waals surface area contributed by atoms with Gasteiger partial charge in [0, 0.05) is 11.3 Å². The molecule has 2 aliphatic rings. The van der Waals surface area contributed by atoms with Crippen LogP contribution >= 0.6 is 11.3 Å². The smallest absolute Gasteiger partial charge is 0.273 e. The summed E-state index contributed by atoms with van der Waals surface area (Å²) in [5.74, 6) is 2.15. The quantitative estimate of drug-likeness (QED) is 0.738. The largest absolute Gasteiger partial charge is 0.473 e. The number of carbonyl (C=O) groups is 1. The molecule has 2 atom stereocenters. The molecule has 0 spiro atoms. The minimum Gasteiger partial charge on any atom is -0.473 e. The molecule has 4 heteroatoms. The molecular weight excluding hydrogens is 210 g/mol. The molecule has 15 heavy (non-hydrogen) atoms. The lowest BCUT2D eigenvalue weighted by atomic mass is 9.97. The minimum atomic E-state index is 0.224. The van der Waals surface area contributed by atoms with Gasteiger partial charge in [-0.05, 0) is 31.1 Å². The number of hydrogen-bond acceptors (Lipinski definition) is 4. The molecular formula is C11H13NO2S. The van der Waals surface area contributed by atoms with Crippen molar-refractivity contribution in [1.82, 2.24) is 4.98 Å². The van der Waals surface area contributed by atoms with Crippen molar-refractivity contribution in [3.05, 3.63) is 11.1 Å². The Morgan fingerprint density at radius 1 is 1.47 bits per heavy atom. The molecule has 2 fully saturated rings. The highest BCUT2D eigenvalue weighted by Gasteiger charge is 2.48. The first-order chi connectivity index (χ1) is 7.28. The molecule has 0 bridgehead atoms. The molecule has 0 saturated heterocycles. The Kier molecular flexibility index (Phi) is 2.06. The van der Waals surface area contributed by atoms with Crippen LogP contribution in [-0.4, -0.2) is 17.9 Å². The summed E-state index contributed by atoms with van der Waals surface area (Å²) in [5.41, 5.74) is 0.600. The Hall–Kier alpha value is -0.900. The van der Waals surface area contributed by atoms with Crippen LogP contribution in [0.3, 0.4) is 0 Å². The number of ether oxygens (including phenoxy) is 1. The lowest BCUT2D eigenvalue weighted by Crippen LogP contribution is -2.13. The Labute approximate surface area is 92.5 Å². The van der Waals surface area contributed by atoms with E-state index < -0.39 is 0 Å². The minimum absolute atomic E-state index is 0.224. The number of methoxy groups -OCH3 is 1. The van der Waals surface area contributed by atoms with Crippen molar-refractivity contribution in [3.8, 4) is 5.19 Å². The van der Waals surface area contributed by atoms with Crippen LogP contribution in [0.4, 0.5) is 0 Å². The molecule has 2 aliphatic carbocycles. The number of aromatic nitrogens is 1. The molecule has 0 aromatic carbocycles. The predicted molar refractivity (Wildman–Crippen MR) is 57.3 cm³/mol. The SMILES string of the molecule is COc1nc(C(=O)C2CC3CC3C2)cs1. The van der Waals surface area contributed by atoms with Crippen LogP contribution in [0.2, 0.25) is 0 Å². The molecule has 1 aromatic heterocycles. The molecule has 2 saturated carbocycles. The number of thiazole rings is 1. The van der Waals surface area contributed by atoms with Crippen LogP contribution in [0.1, 0.15) is 29.8 Å². The van der Waals surface area contributed by atoms with E-state index in [4.69, 9.17) is 4.74 Å². The summed E-state index contributed by atoms with van der Waals surface area (Å²) in [4.78, 5) is 16.2. The summed E-state index contributed by atoms with van der Waals surface area (Å²) in [7, 11) is 1.58. The van der Waals surface area contributed by atoms with Crippen LogP contribution in [0, 0.1) is 17.8 Å². The topological polar surface area (TPSA) is 39.2 Å². The lowest BCUT2D eigenvalue weighted by molar-refractivity contribution is 0.0909. The van der Waals surface area contributed by atoms with Crippen LogP contribution in [-0.2, 0) is 0 Å². The van der Waals surface area contributed by atoms with E-state index in [1.54, 1.807) is 7.11 Å². The van der Waals surface area contributed by atoms with Gasteiger partial charge in [0.2, 0.25) is 0 Å². The number of Topliss-reactive ketones (excluding diaryl/α,β-unsaturated/α-hetero) is 1. The average Bonchev–Trinajstić information content (AvgIpc) is 2.73. The van der Waals surface area contributed by atoms with Gasteiger partial charge < -0.3 is 4.74 Å². The summed E-state index contributed by atoms with van der Waals surface area (Å²) in [6, 6.07) is 0. The second kappa shape index (κ2) is 3.30. The van der Waals surface area contributed by atoms with Crippen molar-refractivity contribution in [1.29, 1.82) is 0 Å². The van der Waals surface area contributed by atoms with Gasteiger partial charge in [0.25, 0.3) is 5.19 Å². The van der Waals surface area contributed by atoms with E-state index >= 15 is 0 Å². The molecule has 0 amide bonds. The van der Waals surface area contributed by atoms with Gasteiger partial charge in [-0.1, -0.05) is 11.3 Å². The van der Waals surface area contributed by atoms with Crippen molar-refractivity contribution in [3.63, 3.8) is 0 Å². The van der Waals surface area contributed by atoms with Gasteiger partial charge in [-0.15, -0.1) is 0 Å². The first-order valence-corrected chi connectivity index (χ1v) is 6.19. The number of nitrogens with zero attached hydrogens (tertiary/aromatic N) is 1. The maximum atomic E-state index is 12.0. The second-order valence-electron chi connectivity index (χ2n) is 4.49. The van der Waals surface area contributed by atoms with E-state index in [0.717, 1.165) is 24.7 Å². The summed E-state index contributed by atoms with van der Waals surface area (Å²) < 4.78 is 4.99. The van der Waals surface area contributed by atoms with Gasteiger partial charge in [0.15, 0.2) is 5.78 Å². The van der Waals surface area contributed by atoms with Crippen molar-refractivity contribution in [2.75, 3.05) is 7.11 Å². The standard InChI is InChI=1S/C11H13NO2S/c1-14-11-12-9(5-15-11)10(13)8-3-6-2-7(6)4-8/h5-8H,2-4H2,1H3. The molecule has 1 heterocycles. The summed E-state index contributed by atoms with van der Waals surface area (Å²) in [6.07, 6.45) is 3.52. The molecule has 1 aromatic rings. The van der Waals surface area contributed by atoms with Crippen LogP contribution < -0.4 is 4.74 Å². The molecule has 80 valence electrons. The van der Waals surface area contributed by atoms with Gasteiger partial charge in [-0.3, -0.25) is 4.79 Å². The second-order valence-corrected chi connectivity index (χ2v) is 5.31. The summed E-state index contributed by atoms with van der Waals surface area (Å²) >= 11 is 1.39. The first-order valence-electron chi connectivity index (χ1n) is 5.31. The molecule has 0 aliphatic heterocycles. The maximum Gasteiger partial charge on any atom is 0.273 e. The van der Waals surface area contributed by atoms with Crippen LogP contribution in [0.5, 0.6) is 5.19 Å². The van der Waals surface area contributed by atoms with Crippen molar-refractivity contribution >= 4 is 17.1 Å². The van der Waals surface area contributed by atoms with Gasteiger partial charge in [-0.25, -0.2) is 0 Å². The Bertz CT molecular complexity index is 391. The number of ketones is 1. The Balaban J connectivity index is 1.73. The Morgan fingerprint density at radius 2 is 2.20 bits per heavy atom. The molecule has 0 radical (unpaired) electrons. The molecule has 0 N–H and O–H groups in total. The first kappa shape index (κ1) is 9.33. The van der Waals surface area contributed by atoms with Crippen LogP contribution in [0.15, 0.2) is 5.38 Å². The molecule has 2 unspecified atom stereocenters. The van der Waals surface area contributed by atoms with E-state index in [2.05, 4.69) is 4.98 Å². The van der Waals surface area contributed by atoms with Crippen molar-refractivity contribution < 1.29 is 9.53 Å². The third-order valence-corrected chi connectivity index (χ3v) is 4.33. The third kappa shape index (κ3) is 1.57. The number of carbonyl (C=O) groups excluding carboxylic acids is 1. The average molecular weight is 223 g/mol. The van der Waals surface area contributed by atoms with Crippen molar-refractivity contribution in [2.45, 2.75) is 19.3 Å². The lowest BCUT2D eigenvalue weighted by Gasteiger charge is -2.07.